The summed E-state index contributed by atoms with van der Waals surface area (Å²) < 4.78 is 33.0. The van der Waals surface area contributed by atoms with E-state index in [1.54, 1.807) is 31.2 Å². The van der Waals surface area contributed by atoms with Gasteiger partial charge in [0.15, 0.2) is 23.0 Å². The molecule has 0 spiro atoms. The van der Waals surface area contributed by atoms with Gasteiger partial charge in [0.1, 0.15) is 29.8 Å². The largest absolute Gasteiger partial charge is 0.493 e. The molecular formula is C40H46N4O16. The Hall–Kier alpha value is -6.54. The summed E-state index contributed by atoms with van der Waals surface area (Å²) in [5.41, 5.74) is -1.18. The number of hydrogen-bond acceptors (Lipinski definition) is 16. The number of esters is 2. The predicted molar refractivity (Wildman–Crippen MR) is 208 cm³/mol. The van der Waals surface area contributed by atoms with Crippen molar-refractivity contribution in [3.8, 4) is 23.0 Å². The lowest BCUT2D eigenvalue weighted by Gasteiger charge is -2.23. The van der Waals surface area contributed by atoms with E-state index in [0.717, 1.165) is 40.7 Å². The van der Waals surface area contributed by atoms with E-state index in [-0.39, 0.29) is 86.5 Å². The number of benzene rings is 3. The highest BCUT2D eigenvalue weighted by Gasteiger charge is 2.43. The van der Waals surface area contributed by atoms with Crippen molar-refractivity contribution < 1.29 is 67.7 Å². The zero-order chi connectivity index (χ0) is 43.5. The number of amides is 2. The van der Waals surface area contributed by atoms with Gasteiger partial charge < -0.3 is 48.4 Å². The lowest BCUT2D eigenvalue weighted by Crippen LogP contribution is -2.41. The summed E-state index contributed by atoms with van der Waals surface area (Å²) in [6, 6.07) is 11.2. The van der Waals surface area contributed by atoms with Gasteiger partial charge in [0.25, 0.3) is 23.2 Å². The Balaban J connectivity index is 1.25. The van der Waals surface area contributed by atoms with E-state index >= 15 is 0 Å². The maximum Gasteiger partial charge on any atom is 0.328 e. The number of ether oxygens (including phenoxy) is 6. The quantitative estimate of drug-likeness (QED) is 0.0756. The molecule has 2 amide bonds. The monoisotopic (exact) mass is 838 g/mol. The van der Waals surface area contributed by atoms with Crippen molar-refractivity contribution in [2.75, 3.05) is 47.1 Å². The van der Waals surface area contributed by atoms with Crippen LogP contribution in [0, 0.1) is 20.2 Å². The molecule has 0 bridgehead atoms. The van der Waals surface area contributed by atoms with E-state index in [1.807, 2.05) is 6.07 Å². The van der Waals surface area contributed by atoms with Gasteiger partial charge >= 0.3 is 11.9 Å². The number of rotatable bonds is 19. The van der Waals surface area contributed by atoms with Gasteiger partial charge in [-0.25, -0.2) is 9.59 Å². The van der Waals surface area contributed by atoms with E-state index in [2.05, 4.69) is 0 Å². The van der Waals surface area contributed by atoms with Crippen LogP contribution in [0.3, 0.4) is 0 Å². The average molecular weight is 839 g/mol. The van der Waals surface area contributed by atoms with Crippen LogP contribution in [-0.4, -0.2) is 125 Å². The van der Waals surface area contributed by atoms with Gasteiger partial charge in [0.05, 0.1) is 68.2 Å². The molecular weight excluding hydrogens is 792 g/mol. The minimum absolute atomic E-state index is 0.0103. The van der Waals surface area contributed by atoms with Crippen LogP contribution in [0.15, 0.2) is 54.6 Å². The fourth-order valence-electron chi connectivity index (χ4n) is 6.93. The molecule has 4 atom stereocenters. The number of nitro groups is 2. The number of aliphatic hydroxyl groups is 2. The third-order valence-electron chi connectivity index (χ3n) is 9.85. The van der Waals surface area contributed by atoms with E-state index in [0.29, 0.717) is 19.3 Å². The molecule has 0 aromatic heterocycles. The van der Waals surface area contributed by atoms with E-state index in [4.69, 9.17) is 28.4 Å². The highest BCUT2D eigenvalue weighted by molar-refractivity contribution is 6.02. The van der Waals surface area contributed by atoms with Gasteiger partial charge in [-0.1, -0.05) is 30.3 Å². The number of aliphatic hydroxyl groups excluding tert-OH is 2. The van der Waals surface area contributed by atoms with Crippen LogP contribution in [0.25, 0.3) is 0 Å². The first-order chi connectivity index (χ1) is 28.8. The number of β-amino-alcohol motifs (C(OH)–C–C–N with tert-alkyl or cyclic N) is 2. The zero-order valence-electron chi connectivity index (χ0n) is 33.2. The predicted octanol–water partition coefficient (Wildman–Crippen LogP) is 3.61. The molecule has 2 N–H and O–H groups in total. The third kappa shape index (κ3) is 10.5. The Morgan fingerprint density at radius 1 is 0.700 bits per heavy atom. The van der Waals surface area contributed by atoms with Crippen LogP contribution in [0.2, 0.25) is 0 Å². The lowest BCUT2D eigenvalue weighted by molar-refractivity contribution is -0.385. The molecule has 3 aromatic rings. The second kappa shape index (κ2) is 20.4. The van der Waals surface area contributed by atoms with Gasteiger partial charge in [0.2, 0.25) is 0 Å². The molecule has 2 heterocycles. The van der Waals surface area contributed by atoms with Crippen molar-refractivity contribution in [1.82, 2.24) is 9.80 Å². The Labute approximate surface area is 343 Å². The fraction of sp³-hybridized carbons (Fsp3) is 0.450. The van der Waals surface area contributed by atoms with E-state index in [9.17, 15) is 49.6 Å². The number of methoxy groups -OCH3 is 2. The van der Waals surface area contributed by atoms with Gasteiger partial charge in [-0.15, -0.1) is 0 Å². The number of carbonyl (C=O) groups is 4. The maximum atomic E-state index is 13.7. The summed E-state index contributed by atoms with van der Waals surface area (Å²) in [7, 11) is 2.43. The summed E-state index contributed by atoms with van der Waals surface area (Å²) in [6.45, 7) is 1.32. The fourth-order valence-corrected chi connectivity index (χ4v) is 6.93. The highest BCUT2D eigenvalue weighted by Crippen LogP contribution is 2.39. The molecule has 0 aliphatic carbocycles. The molecule has 2 saturated heterocycles. The van der Waals surface area contributed by atoms with Crippen LogP contribution >= 0.6 is 0 Å². The summed E-state index contributed by atoms with van der Waals surface area (Å²) in [5, 5.41) is 44.8. The summed E-state index contributed by atoms with van der Waals surface area (Å²) in [6.07, 6.45) is -0.912. The van der Waals surface area contributed by atoms with Gasteiger partial charge in [0, 0.05) is 38.1 Å². The Morgan fingerprint density at radius 3 is 1.67 bits per heavy atom. The smallest absolute Gasteiger partial charge is 0.328 e. The minimum Gasteiger partial charge on any atom is -0.493 e. The summed E-state index contributed by atoms with van der Waals surface area (Å²) in [5.74, 6) is -3.22. The number of nitro benzene ring substituents is 2. The van der Waals surface area contributed by atoms with Crippen molar-refractivity contribution in [3.05, 3.63) is 91.5 Å². The van der Waals surface area contributed by atoms with E-state index < -0.39 is 69.3 Å². The van der Waals surface area contributed by atoms with Crippen molar-refractivity contribution in [1.29, 1.82) is 0 Å². The number of likely N-dealkylation sites (tertiary alicyclic amines) is 2. The Morgan fingerprint density at radius 2 is 1.18 bits per heavy atom. The van der Waals surface area contributed by atoms with Gasteiger partial charge in [-0.05, 0) is 31.7 Å². The van der Waals surface area contributed by atoms with Gasteiger partial charge in [-0.3, -0.25) is 29.8 Å². The van der Waals surface area contributed by atoms with E-state index in [1.165, 1.54) is 13.2 Å². The highest BCUT2D eigenvalue weighted by atomic mass is 16.6. The molecule has 2 unspecified atom stereocenters. The molecule has 0 radical (unpaired) electrons. The first-order valence-corrected chi connectivity index (χ1v) is 19.1. The number of carbonyl (C=O) groups excluding carboxylic acids is 4. The molecule has 2 aliphatic heterocycles. The minimum atomic E-state index is -1.15. The van der Waals surface area contributed by atoms with Crippen LogP contribution in [0.1, 0.15) is 65.3 Å². The summed E-state index contributed by atoms with van der Waals surface area (Å²) >= 11 is 0. The van der Waals surface area contributed by atoms with Crippen LogP contribution < -0.4 is 18.9 Å². The van der Waals surface area contributed by atoms with Crippen molar-refractivity contribution in [3.63, 3.8) is 0 Å². The first kappa shape index (κ1) is 44.6. The maximum absolute atomic E-state index is 13.7. The molecule has 20 nitrogen and oxygen atoms in total. The SMILES string of the molecule is CCOC(=O)C1CC(O)CN1C(=O)c1cc(OC)c(OCCCCCOc2cc([N+](=O)[O-])c(C(=O)N3C[C@H](O)C[C@H]3C(=O)OC)cc2OCc2ccccc2)cc1[N+](=O)[O-]. The van der Waals surface area contributed by atoms with Gasteiger partial charge in [-0.2, -0.15) is 0 Å². The second-order valence-corrected chi connectivity index (χ2v) is 13.9. The number of nitrogens with zero attached hydrogens (tertiary/aromatic N) is 4. The molecule has 2 fully saturated rings. The molecule has 5 rings (SSSR count). The molecule has 3 aromatic carbocycles. The number of unbranched alkanes of at least 4 members (excludes halogenated alkanes) is 2. The Bertz CT molecular complexity index is 2060. The molecule has 0 saturated carbocycles. The van der Waals surface area contributed by atoms with Crippen LogP contribution in [0.4, 0.5) is 11.4 Å². The molecule has 20 heteroatoms. The molecule has 2 aliphatic rings. The second-order valence-electron chi connectivity index (χ2n) is 13.9. The van der Waals surface area contributed by atoms with Crippen LogP contribution in [-0.2, 0) is 25.7 Å². The van der Waals surface area contributed by atoms with Crippen molar-refractivity contribution in [2.24, 2.45) is 0 Å². The van der Waals surface area contributed by atoms with Crippen molar-refractivity contribution in [2.45, 2.75) is 69.9 Å². The summed E-state index contributed by atoms with van der Waals surface area (Å²) in [4.78, 5) is 77.1. The average Bonchev–Trinajstić information content (AvgIpc) is 3.84. The topological polar surface area (TPSA) is 257 Å². The molecule has 322 valence electrons. The first-order valence-electron chi connectivity index (χ1n) is 19.1. The molecule has 60 heavy (non-hydrogen) atoms. The number of hydrogen-bond donors (Lipinski definition) is 2. The lowest BCUT2D eigenvalue weighted by atomic mass is 10.1. The zero-order valence-corrected chi connectivity index (χ0v) is 33.2. The van der Waals surface area contributed by atoms with Crippen molar-refractivity contribution >= 4 is 35.1 Å². The normalized spacial score (nSPS) is 18.4. The standard InChI is InChI=1S/C40H46N4O16/c1-4-57-40(50)32-16-26(46)22-42(32)37(47)27-17-33(55-2)35(19-29(27)43(51)52)58-13-9-6-10-14-59-36-20-30(44(53)54)28(18-34(36)60-23-24-11-7-5-8-12-24)38(48)41-21-25(45)15-31(41)39(49)56-3/h5,7-8,11-12,17-20,25-26,31-32,45-46H,4,6,9-10,13-16,21-23H2,1-3H3/t25-,26?,31+,32?/m1/s1. The van der Waals surface area contributed by atoms with Crippen LogP contribution in [0.5, 0.6) is 23.0 Å². The third-order valence-corrected chi connectivity index (χ3v) is 9.85. The Kier molecular flexibility index (Phi) is 15.2.